The Hall–Kier alpha value is -1.69. The minimum atomic E-state index is -0.811. The van der Waals surface area contributed by atoms with Gasteiger partial charge in [0.2, 0.25) is 0 Å². The molecule has 0 bridgehead atoms. The highest BCUT2D eigenvalue weighted by atomic mass is 19.1. The van der Waals surface area contributed by atoms with Crippen LogP contribution in [0.15, 0.2) is 18.2 Å². The third-order valence-corrected chi connectivity index (χ3v) is 2.22. The van der Waals surface area contributed by atoms with Gasteiger partial charge in [0.25, 0.3) is 0 Å². The van der Waals surface area contributed by atoms with Gasteiger partial charge >= 0.3 is 5.97 Å². The van der Waals surface area contributed by atoms with Crippen molar-refractivity contribution in [1.29, 1.82) is 0 Å². The Bertz CT molecular complexity index is 412. The second-order valence-electron chi connectivity index (χ2n) is 3.48. The molecule has 0 aromatic heterocycles. The lowest BCUT2D eigenvalue weighted by molar-refractivity contribution is -0.146. The highest BCUT2D eigenvalue weighted by Gasteiger charge is 2.19. The van der Waals surface area contributed by atoms with E-state index in [1.54, 1.807) is 14.0 Å². The molecule has 4 nitrogen and oxygen atoms in total. The van der Waals surface area contributed by atoms with Crippen molar-refractivity contribution in [3.8, 4) is 5.75 Å². The van der Waals surface area contributed by atoms with Crippen LogP contribution in [0, 0.1) is 11.6 Å². The molecule has 0 amide bonds. The van der Waals surface area contributed by atoms with Gasteiger partial charge in [0.1, 0.15) is 18.5 Å². The molecule has 0 heterocycles. The predicted octanol–water partition coefficient (Wildman–Crippen LogP) is 1.49. The van der Waals surface area contributed by atoms with E-state index in [4.69, 9.17) is 9.47 Å². The Morgan fingerprint density at radius 2 is 2.17 bits per heavy atom. The molecule has 0 radical (unpaired) electrons. The average Bonchev–Trinajstić information content (AvgIpc) is 2.32. The van der Waals surface area contributed by atoms with Crippen molar-refractivity contribution in [3.63, 3.8) is 0 Å². The minimum absolute atomic E-state index is 0.0993. The number of carbonyl (C=O) groups excluding carboxylic acids is 1. The summed E-state index contributed by atoms with van der Waals surface area (Å²) >= 11 is 0. The summed E-state index contributed by atoms with van der Waals surface area (Å²) in [6, 6.07) is 2.27. The lowest BCUT2D eigenvalue weighted by atomic mass is 10.3. The molecule has 0 aliphatic heterocycles. The number of likely N-dealkylation sites (N-methyl/N-ethyl adjacent to an activating group) is 1. The Kier molecular flexibility index (Phi) is 5.51. The molecule has 0 saturated heterocycles. The van der Waals surface area contributed by atoms with Gasteiger partial charge in [-0.25, -0.2) is 8.78 Å². The van der Waals surface area contributed by atoms with Crippen LogP contribution in [0.1, 0.15) is 6.92 Å². The summed E-state index contributed by atoms with van der Waals surface area (Å²) in [6.45, 7) is 1.84. The summed E-state index contributed by atoms with van der Waals surface area (Å²) in [5, 5.41) is 2.69. The van der Waals surface area contributed by atoms with Crippen LogP contribution in [0.4, 0.5) is 8.78 Å². The normalized spacial score (nSPS) is 12.0. The molecular formula is C12H15F2NO3. The maximum Gasteiger partial charge on any atom is 0.326 e. The number of carbonyl (C=O) groups is 1. The smallest absolute Gasteiger partial charge is 0.326 e. The molecule has 1 N–H and O–H groups in total. The number of rotatable bonds is 6. The van der Waals surface area contributed by atoms with Crippen molar-refractivity contribution < 1.29 is 23.0 Å². The SMILES string of the molecule is CCOC(=O)C(COc1ccc(F)cc1F)NC. The summed E-state index contributed by atoms with van der Waals surface area (Å²) in [4.78, 5) is 11.4. The van der Waals surface area contributed by atoms with Crippen LogP contribution >= 0.6 is 0 Å². The zero-order valence-electron chi connectivity index (χ0n) is 10.2. The van der Waals surface area contributed by atoms with Crippen molar-refractivity contribution in [2.75, 3.05) is 20.3 Å². The fourth-order valence-electron chi connectivity index (χ4n) is 1.28. The number of ether oxygens (including phenoxy) is 2. The zero-order chi connectivity index (χ0) is 13.5. The van der Waals surface area contributed by atoms with Gasteiger partial charge in [-0.1, -0.05) is 0 Å². The number of hydrogen-bond donors (Lipinski definition) is 1. The number of nitrogens with one attached hydrogen (secondary N) is 1. The van der Waals surface area contributed by atoms with Gasteiger partial charge in [-0.15, -0.1) is 0 Å². The fourth-order valence-corrected chi connectivity index (χ4v) is 1.28. The van der Waals surface area contributed by atoms with Crippen molar-refractivity contribution in [1.82, 2.24) is 5.32 Å². The highest BCUT2D eigenvalue weighted by molar-refractivity contribution is 5.75. The van der Waals surface area contributed by atoms with Crippen LogP contribution in [0.5, 0.6) is 5.75 Å². The summed E-state index contributed by atoms with van der Waals surface area (Å²) < 4.78 is 35.8. The first-order valence-electron chi connectivity index (χ1n) is 5.50. The quantitative estimate of drug-likeness (QED) is 0.786. The standard InChI is InChI=1S/C12H15F2NO3/c1-3-17-12(16)10(15-2)7-18-11-5-4-8(13)6-9(11)14/h4-6,10,15H,3,7H2,1-2H3. The molecule has 100 valence electrons. The van der Waals surface area contributed by atoms with E-state index in [0.29, 0.717) is 6.07 Å². The van der Waals surface area contributed by atoms with E-state index in [-0.39, 0.29) is 19.0 Å². The van der Waals surface area contributed by atoms with Crippen LogP contribution in [0.2, 0.25) is 0 Å². The molecule has 1 atom stereocenters. The van der Waals surface area contributed by atoms with E-state index in [2.05, 4.69) is 5.32 Å². The summed E-state index contributed by atoms with van der Waals surface area (Å²) in [5.41, 5.74) is 0. The molecule has 0 saturated carbocycles. The van der Waals surface area contributed by atoms with Crippen molar-refractivity contribution >= 4 is 5.97 Å². The maximum atomic E-state index is 13.3. The summed E-state index contributed by atoms with van der Waals surface area (Å²) in [6.07, 6.45) is 0. The largest absolute Gasteiger partial charge is 0.488 e. The van der Waals surface area contributed by atoms with E-state index in [9.17, 15) is 13.6 Å². The fraction of sp³-hybridized carbons (Fsp3) is 0.417. The zero-order valence-corrected chi connectivity index (χ0v) is 10.2. The predicted molar refractivity (Wildman–Crippen MR) is 61.3 cm³/mol. The minimum Gasteiger partial charge on any atom is -0.488 e. The average molecular weight is 259 g/mol. The van der Waals surface area contributed by atoms with Crippen LogP contribution < -0.4 is 10.1 Å². The molecule has 0 aliphatic carbocycles. The van der Waals surface area contributed by atoms with Gasteiger partial charge in [0.05, 0.1) is 6.61 Å². The second kappa shape index (κ2) is 6.90. The topological polar surface area (TPSA) is 47.6 Å². The van der Waals surface area contributed by atoms with Gasteiger partial charge in [0, 0.05) is 6.07 Å². The van der Waals surface area contributed by atoms with E-state index in [0.717, 1.165) is 6.07 Å². The van der Waals surface area contributed by atoms with E-state index in [1.165, 1.54) is 6.07 Å². The number of hydrogen-bond acceptors (Lipinski definition) is 4. The molecule has 0 spiro atoms. The van der Waals surface area contributed by atoms with Gasteiger partial charge in [0.15, 0.2) is 11.6 Å². The van der Waals surface area contributed by atoms with Crippen molar-refractivity contribution in [2.45, 2.75) is 13.0 Å². The van der Waals surface area contributed by atoms with Crippen LogP contribution in [0.3, 0.4) is 0 Å². The van der Waals surface area contributed by atoms with Gasteiger partial charge < -0.3 is 14.8 Å². The number of esters is 1. The van der Waals surface area contributed by atoms with Gasteiger partial charge in [-0.2, -0.15) is 0 Å². The molecule has 0 fully saturated rings. The third kappa shape index (κ3) is 3.96. The molecule has 1 aromatic carbocycles. The first-order valence-corrected chi connectivity index (χ1v) is 5.50. The summed E-state index contributed by atoms with van der Waals surface area (Å²) in [5.74, 6) is -2.09. The number of benzene rings is 1. The van der Waals surface area contributed by atoms with Crippen molar-refractivity contribution in [3.05, 3.63) is 29.8 Å². The van der Waals surface area contributed by atoms with E-state index < -0.39 is 23.6 Å². The molecular weight excluding hydrogens is 244 g/mol. The number of halogens is 2. The van der Waals surface area contributed by atoms with Crippen LogP contribution in [0.25, 0.3) is 0 Å². The van der Waals surface area contributed by atoms with E-state index >= 15 is 0 Å². The second-order valence-corrected chi connectivity index (χ2v) is 3.48. The maximum absolute atomic E-state index is 13.3. The molecule has 1 aromatic rings. The summed E-state index contributed by atoms with van der Waals surface area (Å²) in [7, 11) is 1.56. The lowest BCUT2D eigenvalue weighted by Gasteiger charge is -2.15. The third-order valence-electron chi connectivity index (χ3n) is 2.22. The Labute approximate surface area is 104 Å². The van der Waals surface area contributed by atoms with Crippen LogP contribution in [-0.2, 0) is 9.53 Å². The molecule has 1 rings (SSSR count). The molecule has 0 aliphatic rings. The molecule has 1 unspecified atom stereocenters. The van der Waals surface area contributed by atoms with Crippen LogP contribution in [-0.4, -0.2) is 32.3 Å². The van der Waals surface area contributed by atoms with Crippen molar-refractivity contribution in [2.24, 2.45) is 0 Å². The monoisotopic (exact) mass is 259 g/mol. The first-order chi connectivity index (χ1) is 8.58. The Morgan fingerprint density at radius 3 is 2.72 bits per heavy atom. The molecule has 6 heteroatoms. The van der Waals surface area contributed by atoms with E-state index in [1.807, 2.05) is 0 Å². The molecule has 18 heavy (non-hydrogen) atoms. The lowest BCUT2D eigenvalue weighted by Crippen LogP contribution is -2.40. The Morgan fingerprint density at radius 1 is 1.44 bits per heavy atom. The van der Waals surface area contributed by atoms with Gasteiger partial charge in [-0.3, -0.25) is 4.79 Å². The Balaban J connectivity index is 2.59. The van der Waals surface area contributed by atoms with Gasteiger partial charge in [-0.05, 0) is 26.1 Å². The first kappa shape index (κ1) is 14.4. The highest BCUT2D eigenvalue weighted by Crippen LogP contribution is 2.17.